The summed E-state index contributed by atoms with van der Waals surface area (Å²) < 4.78 is 0. The number of hydrogen-bond acceptors (Lipinski definition) is 1. The number of carbonyl (C=O) groups excluding carboxylic acids is 1. The Hall–Kier alpha value is -1.57. The molecule has 1 aliphatic rings. The molecule has 1 heterocycles. The average molecular weight is 173 g/mol. The smallest absolute Gasteiger partial charge is 0.235 e. The van der Waals surface area contributed by atoms with Crippen LogP contribution in [0.5, 0.6) is 0 Å². The molecule has 0 atom stereocenters. The van der Waals surface area contributed by atoms with Crippen molar-refractivity contribution in [3.63, 3.8) is 0 Å². The molecule has 2 nitrogen and oxygen atoms in total. The van der Waals surface area contributed by atoms with Gasteiger partial charge in [0.05, 0.1) is 0 Å². The van der Waals surface area contributed by atoms with Gasteiger partial charge < -0.3 is 0 Å². The van der Waals surface area contributed by atoms with Gasteiger partial charge in [0, 0.05) is 18.3 Å². The minimum Gasteiger partial charge on any atom is -0.288 e. The Kier molecular flexibility index (Phi) is 1.89. The van der Waals surface area contributed by atoms with Gasteiger partial charge in [-0.1, -0.05) is 18.2 Å². The highest BCUT2D eigenvalue weighted by atomic mass is 16.2. The van der Waals surface area contributed by atoms with Crippen molar-refractivity contribution in [1.29, 1.82) is 0 Å². The molecule has 2 heteroatoms. The fourth-order valence-corrected chi connectivity index (χ4v) is 1.47. The Morgan fingerprint density at radius 1 is 1.23 bits per heavy atom. The zero-order valence-electron chi connectivity index (χ0n) is 7.53. The first-order chi connectivity index (χ1) is 6.27. The van der Waals surface area contributed by atoms with E-state index >= 15 is 0 Å². The largest absolute Gasteiger partial charge is 0.288 e. The Morgan fingerprint density at radius 2 is 1.92 bits per heavy atom. The van der Waals surface area contributed by atoms with E-state index in [1.807, 2.05) is 43.5 Å². The van der Waals surface area contributed by atoms with E-state index in [0.29, 0.717) is 6.42 Å². The van der Waals surface area contributed by atoms with Crippen LogP contribution in [0.4, 0.5) is 5.69 Å². The van der Waals surface area contributed by atoms with E-state index in [1.54, 1.807) is 4.90 Å². The van der Waals surface area contributed by atoms with Crippen molar-refractivity contribution in [3.05, 3.63) is 42.1 Å². The number of amides is 1. The molecule has 0 radical (unpaired) electrons. The van der Waals surface area contributed by atoms with Crippen molar-refractivity contribution in [1.82, 2.24) is 0 Å². The molecule has 2 rings (SSSR count). The van der Waals surface area contributed by atoms with Crippen LogP contribution in [0.1, 0.15) is 13.3 Å². The monoisotopic (exact) mass is 173 g/mol. The molecule has 1 aliphatic heterocycles. The molecule has 1 aromatic carbocycles. The molecule has 13 heavy (non-hydrogen) atoms. The normalized spacial score (nSPS) is 16.2. The standard InChI is InChI=1S/C11H11NO/c1-9-7-11(13)12(8-9)10-5-3-2-4-6-10/h2-6,8H,7H2,1H3. The Bertz CT molecular complexity index is 354. The summed E-state index contributed by atoms with van der Waals surface area (Å²) in [6.07, 6.45) is 2.45. The molecule has 0 bridgehead atoms. The molecule has 0 saturated heterocycles. The van der Waals surface area contributed by atoms with Crippen LogP contribution in [0.25, 0.3) is 0 Å². The lowest BCUT2D eigenvalue weighted by Gasteiger charge is -2.12. The first-order valence-corrected chi connectivity index (χ1v) is 4.32. The number of hydrogen-bond donors (Lipinski definition) is 0. The van der Waals surface area contributed by atoms with Gasteiger partial charge in [0.2, 0.25) is 5.91 Å². The minimum absolute atomic E-state index is 0.156. The van der Waals surface area contributed by atoms with Crippen LogP contribution < -0.4 is 4.90 Å². The van der Waals surface area contributed by atoms with E-state index in [0.717, 1.165) is 11.3 Å². The van der Waals surface area contributed by atoms with E-state index in [2.05, 4.69) is 0 Å². The van der Waals surface area contributed by atoms with Gasteiger partial charge in [-0.05, 0) is 24.6 Å². The van der Waals surface area contributed by atoms with Crippen LogP contribution in [-0.4, -0.2) is 5.91 Å². The molecule has 0 spiro atoms. The van der Waals surface area contributed by atoms with Crippen LogP contribution in [0.3, 0.4) is 0 Å². The predicted molar refractivity (Wildman–Crippen MR) is 52.3 cm³/mol. The first kappa shape index (κ1) is 8.05. The number of benzene rings is 1. The van der Waals surface area contributed by atoms with E-state index < -0.39 is 0 Å². The van der Waals surface area contributed by atoms with E-state index in [4.69, 9.17) is 0 Å². The number of rotatable bonds is 1. The Balaban J connectivity index is 2.33. The van der Waals surface area contributed by atoms with Crippen LogP contribution in [-0.2, 0) is 4.79 Å². The molecule has 0 aromatic heterocycles. The summed E-state index contributed by atoms with van der Waals surface area (Å²) in [4.78, 5) is 13.2. The highest BCUT2D eigenvalue weighted by Gasteiger charge is 2.19. The minimum atomic E-state index is 0.156. The Labute approximate surface area is 77.5 Å². The number of carbonyl (C=O) groups is 1. The van der Waals surface area contributed by atoms with Crippen molar-refractivity contribution in [2.45, 2.75) is 13.3 Å². The molecular formula is C11H11NO. The summed E-state index contributed by atoms with van der Waals surface area (Å²) in [5.74, 6) is 0.156. The average Bonchev–Trinajstić information content (AvgIpc) is 2.47. The molecule has 0 N–H and O–H groups in total. The lowest BCUT2D eigenvalue weighted by atomic mass is 10.3. The second-order valence-electron chi connectivity index (χ2n) is 3.25. The van der Waals surface area contributed by atoms with Gasteiger partial charge in [-0.15, -0.1) is 0 Å². The van der Waals surface area contributed by atoms with E-state index in [9.17, 15) is 4.79 Å². The van der Waals surface area contributed by atoms with Gasteiger partial charge in [0.15, 0.2) is 0 Å². The molecule has 0 fully saturated rings. The number of para-hydroxylation sites is 1. The highest BCUT2D eigenvalue weighted by molar-refractivity contribution is 5.99. The summed E-state index contributed by atoms with van der Waals surface area (Å²) in [5.41, 5.74) is 2.07. The SMILES string of the molecule is CC1=CN(c2ccccc2)C(=O)C1. The zero-order valence-corrected chi connectivity index (χ0v) is 7.53. The zero-order chi connectivity index (χ0) is 9.26. The molecule has 66 valence electrons. The molecule has 0 aliphatic carbocycles. The van der Waals surface area contributed by atoms with Gasteiger partial charge in [0.25, 0.3) is 0 Å². The van der Waals surface area contributed by atoms with Gasteiger partial charge in [0.1, 0.15) is 0 Å². The fourth-order valence-electron chi connectivity index (χ4n) is 1.47. The second-order valence-corrected chi connectivity index (χ2v) is 3.25. The van der Waals surface area contributed by atoms with Gasteiger partial charge in [-0.3, -0.25) is 9.69 Å². The van der Waals surface area contributed by atoms with Crippen molar-refractivity contribution in [2.24, 2.45) is 0 Å². The lowest BCUT2D eigenvalue weighted by Crippen LogP contribution is -2.19. The summed E-state index contributed by atoms with van der Waals surface area (Å²) in [6, 6.07) is 9.69. The molecule has 0 unspecified atom stereocenters. The predicted octanol–water partition coefficient (Wildman–Crippen LogP) is 2.33. The van der Waals surface area contributed by atoms with E-state index in [-0.39, 0.29) is 5.91 Å². The summed E-state index contributed by atoms with van der Waals surface area (Å²) >= 11 is 0. The Morgan fingerprint density at radius 3 is 2.46 bits per heavy atom. The summed E-state index contributed by atoms with van der Waals surface area (Å²) in [6.45, 7) is 1.97. The van der Waals surface area contributed by atoms with Crippen molar-refractivity contribution in [3.8, 4) is 0 Å². The number of nitrogens with zero attached hydrogens (tertiary/aromatic N) is 1. The van der Waals surface area contributed by atoms with Crippen molar-refractivity contribution in [2.75, 3.05) is 4.90 Å². The fraction of sp³-hybridized carbons (Fsp3) is 0.182. The third kappa shape index (κ3) is 1.47. The highest BCUT2D eigenvalue weighted by Crippen LogP contribution is 2.22. The van der Waals surface area contributed by atoms with Gasteiger partial charge >= 0.3 is 0 Å². The first-order valence-electron chi connectivity index (χ1n) is 4.32. The van der Waals surface area contributed by atoms with Gasteiger partial charge in [-0.2, -0.15) is 0 Å². The van der Waals surface area contributed by atoms with Gasteiger partial charge in [-0.25, -0.2) is 0 Å². The quantitative estimate of drug-likeness (QED) is 0.638. The van der Waals surface area contributed by atoms with Crippen molar-refractivity contribution >= 4 is 11.6 Å². The van der Waals surface area contributed by atoms with Crippen molar-refractivity contribution < 1.29 is 4.79 Å². The summed E-state index contributed by atoms with van der Waals surface area (Å²) in [5, 5.41) is 0. The maximum Gasteiger partial charge on any atom is 0.235 e. The maximum absolute atomic E-state index is 11.5. The third-order valence-corrected chi connectivity index (χ3v) is 2.08. The summed E-state index contributed by atoms with van der Waals surface area (Å²) in [7, 11) is 0. The molecule has 0 saturated carbocycles. The maximum atomic E-state index is 11.5. The number of anilines is 1. The molecule has 1 amide bonds. The third-order valence-electron chi connectivity index (χ3n) is 2.08. The van der Waals surface area contributed by atoms with Crippen LogP contribution >= 0.6 is 0 Å². The molecule has 1 aromatic rings. The topological polar surface area (TPSA) is 20.3 Å². The molecular weight excluding hydrogens is 162 g/mol. The van der Waals surface area contributed by atoms with E-state index in [1.165, 1.54) is 0 Å². The lowest BCUT2D eigenvalue weighted by molar-refractivity contribution is -0.116. The second kappa shape index (κ2) is 3.05. The van der Waals surface area contributed by atoms with Crippen LogP contribution in [0.15, 0.2) is 42.1 Å². The van der Waals surface area contributed by atoms with Crippen LogP contribution in [0.2, 0.25) is 0 Å². The van der Waals surface area contributed by atoms with Crippen LogP contribution in [0, 0.1) is 0 Å².